The van der Waals surface area contributed by atoms with Gasteiger partial charge in [0.1, 0.15) is 0 Å². The van der Waals surface area contributed by atoms with Crippen molar-refractivity contribution < 1.29 is 18.0 Å². The van der Waals surface area contributed by atoms with Gasteiger partial charge in [-0.15, -0.1) is 0 Å². The molecule has 0 bridgehead atoms. The van der Waals surface area contributed by atoms with Crippen molar-refractivity contribution >= 4 is 5.91 Å². The maximum Gasteiger partial charge on any atom is 0.416 e. The van der Waals surface area contributed by atoms with Crippen molar-refractivity contribution in [2.24, 2.45) is 0 Å². The number of carbonyl (C=O) groups is 1. The summed E-state index contributed by atoms with van der Waals surface area (Å²) in [7, 11) is 0. The first-order valence-corrected chi connectivity index (χ1v) is 8.38. The number of hydrogen-bond donors (Lipinski definition) is 1. The van der Waals surface area contributed by atoms with Crippen LogP contribution >= 0.6 is 0 Å². The number of benzene rings is 2. The van der Waals surface area contributed by atoms with Gasteiger partial charge < -0.3 is 5.32 Å². The topological polar surface area (TPSA) is 46.9 Å². The van der Waals surface area contributed by atoms with Crippen molar-refractivity contribution in [3.63, 3.8) is 0 Å². The van der Waals surface area contributed by atoms with Crippen molar-refractivity contribution in [2.75, 3.05) is 0 Å². The minimum Gasteiger partial charge on any atom is -0.346 e. The Morgan fingerprint density at radius 2 is 1.93 bits per heavy atom. The molecule has 2 aromatic carbocycles. The molecule has 0 spiro atoms. The highest BCUT2D eigenvalue weighted by atomic mass is 19.4. The van der Waals surface area contributed by atoms with Crippen LogP contribution in [0, 0.1) is 0 Å². The van der Waals surface area contributed by atoms with Crippen LogP contribution in [0.25, 0.3) is 0 Å². The summed E-state index contributed by atoms with van der Waals surface area (Å²) in [6.45, 7) is 2.08. The lowest BCUT2D eigenvalue weighted by atomic mass is 10.0. The Morgan fingerprint density at radius 3 is 2.63 bits per heavy atom. The minimum atomic E-state index is -4.42. The Kier molecular flexibility index (Phi) is 5.30. The molecule has 0 fully saturated rings. The zero-order chi connectivity index (χ0) is 19.4. The third-order valence-corrected chi connectivity index (χ3v) is 4.22. The van der Waals surface area contributed by atoms with Gasteiger partial charge in [-0.25, -0.2) is 0 Å². The van der Waals surface area contributed by atoms with Crippen LogP contribution in [0.4, 0.5) is 13.2 Å². The average Bonchev–Trinajstić information content (AvgIpc) is 3.14. The fourth-order valence-corrected chi connectivity index (χ4v) is 2.79. The van der Waals surface area contributed by atoms with E-state index in [1.165, 1.54) is 6.07 Å². The molecule has 3 aromatic rings. The van der Waals surface area contributed by atoms with Gasteiger partial charge in [-0.2, -0.15) is 18.3 Å². The molecule has 0 aliphatic heterocycles. The first kappa shape index (κ1) is 18.7. The molecule has 0 aliphatic rings. The smallest absolute Gasteiger partial charge is 0.346 e. The number of alkyl halides is 3. The van der Waals surface area contributed by atoms with Crippen LogP contribution in [0.2, 0.25) is 0 Å². The van der Waals surface area contributed by atoms with E-state index >= 15 is 0 Å². The quantitative estimate of drug-likeness (QED) is 0.719. The maximum absolute atomic E-state index is 12.9. The zero-order valence-electron chi connectivity index (χ0n) is 14.6. The largest absolute Gasteiger partial charge is 0.416 e. The van der Waals surface area contributed by atoms with Crippen molar-refractivity contribution in [3.8, 4) is 0 Å². The Balaban J connectivity index is 1.78. The van der Waals surface area contributed by atoms with Gasteiger partial charge in [-0.3, -0.25) is 9.48 Å². The summed E-state index contributed by atoms with van der Waals surface area (Å²) in [6.07, 6.45) is -0.978. The maximum atomic E-state index is 12.9. The van der Waals surface area contributed by atoms with E-state index in [1.807, 2.05) is 12.1 Å². The van der Waals surface area contributed by atoms with Crippen LogP contribution in [-0.2, 0) is 12.7 Å². The Morgan fingerprint density at radius 1 is 1.15 bits per heavy atom. The highest BCUT2D eigenvalue weighted by Gasteiger charge is 2.30. The Labute approximate surface area is 154 Å². The molecule has 0 unspecified atom stereocenters. The summed E-state index contributed by atoms with van der Waals surface area (Å²) in [5.74, 6) is -0.345. The fourth-order valence-electron chi connectivity index (χ4n) is 2.79. The molecule has 1 N–H and O–H groups in total. The second kappa shape index (κ2) is 7.65. The van der Waals surface area contributed by atoms with E-state index in [2.05, 4.69) is 10.4 Å². The minimum absolute atomic E-state index is 0.345. The molecule has 140 valence electrons. The average molecular weight is 373 g/mol. The molecule has 0 aliphatic carbocycles. The van der Waals surface area contributed by atoms with Gasteiger partial charge in [0.15, 0.2) is 0 Å². The number of nitrogens with one attached hydrogen (secondary N) is 1. The van der Waals surface area contributed by atoms with E-state index in [-0.39, 0.29) is 5.91 Å². The monoisotopic (exact) mass is 373 g/mol. The van der Waals surface area contributed by atoms with Crippen LogP contribution in [0.15, 0.2) is 67.0 Å². The summed E-state index contributed by atoms with van der Waals surface area (Å²) in [5.41, 5.74) is 0.893. The number of aromatic nitrogens is 2. The number of carbonyl (C=O) groups excluding carboxylic acids is 1. The molecule has 1 aromatic heterocycles. The molecule has 0 saturated heterocycles. The summed E-state index contributed by atoms with van der Waals surface area (Å²) in [4.78, 5) is 12.7. The predicted molar refractivity (Wildman–Crippen MR) is 95.1 cm³/mol. The van der Waals surface area contributed by atoms with E-state index in [0.29, 0.717) is 17.7 Å². The van der Waals surface area contributed by atoms with Gasteiger partial charge in [0.25, 0.3) is 5.91 Å². The standard InChI is InChI=1S/C20H18F3N3O/c1-14(15-7-4-8-17(12-15)20(21,22)23)25-19(27)18-9-3-2-6-16(18)13-26-11-5-10-24-26/h2-12,14H,13H2,1H3,(H,25,27)/t14-/m1/s1. The van der Waals surface area contributed by atoms with Gasteiger partial charge in [0.05, 0.1) is 18.2 Å². The molecule has 0 radical (unpaired) electrons. The number of hydrogen-bond acceptors (Lipinski definition) is 2. The van der Waals surface area contributed by atoms with E-state index in [4.69, 9.17) is 0 Å². The molecule has 3 rings (SSSR count). The molecule has 1 heterocycles. The first-order valence-electron chi connectivity index (χ1n) is 8.38. The second-order valence-corrected chi connectivity index (χ2v) is 6.18. The lowest BCUT2D eigenvalue weighted by molar-refractivity contribution is -0.137. The molecule has 7 heteroatoms. The Bertz CT molecular complexity index is 920. The van der Waals surface area contributed by atoms with Gasteiger partial charge in [0, 0.05) is 18.0 Å². The van der Waals surface area contributed by atoms with Crippen LogP contribution in [0.1, 0.15) is 40.0 Å². The van der Waals surface area contributed by atoms with Crippen molar-refractivity contribution in [2.45, 2.75) is 25.7 Å². The molecule has 1 amide bonds. The SMILES string of the molecule is C[C@@H](NC(=O)c1ccccc1Cn1cccn1)c1cccc(C(F)(F)F)c1. The second-order valence-electron chi connectivity index (χ2n) is 6.18. The lowest BCUT2D eigenvalue weighted by Crippen LogP contribution is -2.28. The van der Waals surface area contributed by atoms with Crippen molar-refractivity contribution in [1.29, 1.82) is 0 Å². The zero-order valence-corrected chi connectivity index (χ0v) is 14.6. The lowest BCUT2D eigenvalue weighted by Gasteiger charge is -2.17. The molecule has 4 nitrogen and oxygen atoms in total. The van der Waals surface area contributed by atoms with Gasteiger partial charge in [0.2, 0.25) is 0 Å². The van der Waals surface area contributed by atoms with Gasteiger partial charge in [-0.05, 0) is 42.3 Å². The molecular weight excluding hydrogens is 355 g/mol. The van der Waals surface area contributed by atoms with E-state index < -0.39 is 17.8 Å². The van der Waals surface area contributed by atoms with Gasteiger partial charge in [-0.1, -0.05) is 30.3 Å². The van der Waals surface area contributed by atoms with Gasteiger partial charge >= 0.3 is 6.18 Å². The number of halogens is 3. The number of amides is 1. The summed E-state index contributed by atoms with van der Waals surface area (Å²) >= 11 is 0. The van der Waals surface area contributed by atoms with Crippen LogP contribution in [0.3, 0.4) is 0 Å². The molecule has 27 heavy (non-hydrogen) atoms. The summed E-state index contributed by atoms with van der Waals surface area (Å²) in [6, 6.07) is 13.3. The third-order valence-electron chi connectivity index (χ3n) is 4.22. The summed E-state index contributed by atoms with van der Waals surface area (Å²) < 4.78 is 40.4. The molecule has 1 atom stereocenters. The number of nitrogens with zero attached hydrogens (tertiary/aromatic N) is 2. The first-order chi connectivity index (χ1) is 12.8. The molecular formula is C20H18F3N3O. The van der Waals surface area contributed by atoms with Crippen LogP contribution < -0.4 is 5.32 Å². The Hall–Kier alpha value is -3.09. The van der Waals surface area contributed by atoms with E-state index in [0.717, 1.165) is 17.7 Å². The van der Waals surface area contributed by atoms with E-state index in [9.17, 15) is 18.0 Å². The highest BCUT2D eigenvalue weighted by molar-refractivity contribution is 5.95. The highest BCUT2D eigenvalue weighted by Crippen LogP contribution is 2.30. The van der Waals surface area contributed by atoms with Crippen molar-refractivity contribution in [3.05, 3.63) is 89.2 Å². The van der Waals surface area contributed by atoms with Crippen molar-refractivity contribution in [1.82, 2.24) is 15.1 Å². The van der Waals surface area contributed by atoms with Crippen LogP contribution in [-0.4, -0.2) is 15.7 Å². The predicted octanol–water partition coefficient (Wildman–Crippen LogP) is 4.44. The van der Waals surface area contributed by atoms with Crippen LogP contribution in [0.5, 0.6) is 0 Å². The van der Waals surface area contributed by atoms with E-state index in [1.54, 1.807) is 48.3 Å². The number of rotatable bonds is 5. The fraction of sp³-hybridized carbons (Fsp3) is 0.200. The summed E-state index contributed by atoms with van der Waals surface area (Å²) in [5, 5.41) is 6.91. The third kappa shape index (κ3) is 4.55. The molecule has 0 saturated carbocycles. The normalized spacial score (nSPS) is 12.6.